The van der Waals surface area contributed by atoms with Crippen molar-refractivity contribution in [1.29, 1.82) is 0 Å². The van der Waals surface area contributed by atoms with E-state index in [-0.39, 0.29) is 24.0 Å². The van der Waals surface area contributed by atoms with E-state index in [1.54, 1.807) is 0 Å². The van der Waals surface area contributed by atoms with Crippen LogP contribution in [0.5, 0.6) is 0 Å². The third-order valence-corrected chi connectivity index (χ3v) is 4.52. The Morgan fingerprint density at radius 1 is 1.42 bits per heavy atom. The molecule has 0 saturated heterocycles. The fraction of sp³-hybridized carbons (Fsp3) is 0.867. The van der Waals surface area contributed by atoms with Crippen LogP contribution in [0.25, 0.3) is 0 Å². The standard InChI is InChI=1S/C15H30O3Si/c1-15(2,3)14(18-19(4)5)12-8-6-7-11(9-12)13(17)10-16/h8,11,13-14,16-17,19H,6-7,9-10H2,1-5H3. The minimum absolute atomic E-state index is 0.0785. The maximum Gasteiger partial charge on any atom is 0.171 e. The smallest absolute Gasteiger partial charge is 0.171 e. The summed E-state index contributed by atoms with van der Waals surface area (Å²) in [4.78, 5) is 0. The second-order valence-corrected chi connectivity index (χ2v) is 9.37. The molecular weight excluding hydrogens is 256 g/mol. The van der Waals surface area contributed by atoms with Crippen molar-refractivity contribution in [3.05, 3.63) is 11.6 Å². The first kappa shape index (κ1) is 16.9. The summed E-state index contributed by atoms with van der Waals surface area (Å²) in [5.41, 5.74) is 1.40. The molecule has 0 aromatic rings. The van der Waals surface area contributed by atoms with Gasteiger partial charge in [0.05, 0.1) is 18.8 Å². The monoisotopic (exact) mass is 286 g/mol. The first-order valence-electron chi connectivity index (χ1n) is 7.39. The van der Waals surface area contributed by atoms with E-state index in [0.717, 1.165) is 19.3 Å². The van der Waals surface area contributed by atoms with Gasteiger partial charge in [-0.3, -0.25) is 0 Å². The second kappa shape index (κ2) is 7.02. The van der Waals surface area contributed by atoms with E-state index in [9.17, 15) is 5.11 Å². The van der Waals surface area contributed by atoms with E-state index in [1.165, 1.54) is 5.57 Å². The molecule has 0 amide bonds. The predicted octanol–water partition coefficient (Wildman–Crippen LogP) is 2.48. The first-order chi connectivity index (χ1) is 8.75. The molecule has 3 nitrogen and oxygen atoms in total. The summed E-state index contributed by atoms with van der Waals surface area (Å²) < 4.78 is 6.24. The Morgan fingerprint density at radius 3 is 2.53 bits per heavy atom. The van der Waals surface area contributed by atoms with Crippen molar-refractivity contribution in [1.82, 2.24) is 0 Å². The van der Waals surface area contributed by atoms with Gasteiger partial charge in [-0.15, -0.1) is 0 Å². The van der Waals surface area contributed by atoms with Gasteiger partial charge in [0.1, 0.15) is 0 Å². The van der Waals surface area contributed by atoms with E-state index in [1.807, 2.05) is 0 Å². The lowest BCUT2D eigenvalue weighted by molar-refractivity contribution is 0.0355. The molecule has 1 aliphatic rings. The van der Waals surface area contributed by atoms with Crippen LogP contribution in [0.1, 0.15) is 40.0 Å². The molecule has 0 fully saturated rings. The lowest BCUT2D eigenvalue weighted by Crippen LogP contribution is -2.37. The van der Waals surface area contributed by atoms with E-state index in [4.69, 9.17) is 9.53 Å². The minimum Gasteiger partial charge on any atom is -0.413 e. The number of aliphatic hydroxyl groups is 2. The summed E-state index contributed by atoms with van der Waals surface area (Å²) in [7, 11) is -1.10. The Labute approximate surface area is 119 Å². The highest BCUT2D eigenvalue weighted by molar-refractivity contribution is 6.48. The fourth-order valence-electron chi connectivity index (χ4n) is 2.78. The molecule has 4 heteroatoms. The van der Waals surface area contributed by atoms with Gasteiger partial charge in [-0.1, -0.05) is 26.8 Å². The van der Waals surface area contributed by atoms with Crippen molar-refractivity contribution < 1.29 is 14.6 Å². The van der Waals surface area contributed by atoms with Crippen LogP contribution in [0, 0.1) is 11.3 Å². The van der Waals surface area contributed by atoms with Gasteiger partial charge >= 0.3 is 0 Å². The molecule has 112 valence electrons. The SMILES string of the molecule is C[SiH](C)OC(C1=CCCC(C(O)CO)C1)C(C)(C)C. The van der Waals surface area contributed by atoms with Gasteiger partial charge in [0.2, 0.25) is 0 Å². The van der Waals surface area contributed by atoms with Gasteiger partial charge in [-0.05, 0) is 49.3 Å². The van der Waals surface area contributed by atoms with Crippen LogP contribution in [0.4, 0.5) is 0 Å². The van der Waals surface area contributed by atoms with Crippen LogP contribution in [0.2, 0.25) is 13.1 Å². The maximum atomic E-state index is 9.86. The number of hydrogen-bond donors (Lipinski definition) is 2. The molecule has 1 aliphatic carbocycles. The second-order valence-electron chi connectivity index (χ2n) is 7.00. The highest BCUT2D eigenvalue weighted by Crippen LogP contribution is 2.36. The molecule has 0 aromatic heterocycles. The number of rotatable bonds is 5. The average molecular weight is 286 g/mol. The summed E-state index contributed by atoms with van der Waals surface area (Å²) in [5.74, 6) is 0.173. The van der Waals surface area contributed by atoms with Gasteiger partial charge < -0.3 is 14.6 Å². The first-order valence-corrected chi connectivity index (χ1v) is 10.2. The van der Waals surface area contributed by atoms with E-state index >= 15 is 0 Å². The van der Waals surface area contributed by atoms with Crippen molar-refractivity contribution in [3.63, 3.8) is 0 Å². The van der Waals surface area contributed by atoms with Crippen LogP contribution in [0.3, 0.4) is 0 Å². The molecule has 0 aromatic carbocycles. The molecule has 0 spiro atoms. The van der Waals surface area contributed by atoms with Gasteiger partial charge in [-0.2, -0.15) is 0 Å². The van der Waals surface area contributed by atoms with Gasteiger partial charge in [0, 0.05) is 0 Å². The number of hydrogen-bond acceptors (Lipinski definition) is 3. The molecule has 0 radical (unpaired) electrons. The Balaban J connectivity index is 2.82. The minimum atomic E-state index is -1.10. The molecule has 0 heterocycles. The zero-order valence-corrected chi connectivity index (χ0v) is 14.2. The Bertz CT molecular complexity index is 307. The summed E-state index contributed by atoms with van der Waals surface area (Å²) in [6.45, 7) is 10.9. The Hall–Kier alpha value is -0.163. The predicted molar refractivity (Wildman–Crippen MR) is 81.7 cm³/mol. The lowest BCUT2D eigenvalue weighted by Gasteiger charge is -2.38. The topological polar surface area (TPSA) is 49.7 Å². The Morgan fingerprint density at radius 2 is 2.05 bits per heavy atom. The van der Waals surface area contributed by atoms with Crippen LogP contribution < -0.4 is 0 Å². The van der Waals surface area contributed by atoms with E-state index < -0.39 is 15.1 Å². The van der Waals surface area contributed by atoms with Crippen molar-refractivity contribution in [2.75, 3.05) is 6.61 Å². The fourth-order valence-corrected chi connectivity index (χ4v) is 3.91. The Kier molecular flexibility index (Phi) is 6.24. The molecular formula is C15H30O3Si. The molecule has 2 N–H and O–H groups in total. The molecule has 0 bridgehead atoms. The molecule has 3 atom stereocenters. The van der Waals surface area contributed by atoms with Crippen LogP contribution in [-0.2, 0) is 4.43 Å². The molecule has 0 aliphatic heterocycles. The summed E-state index contributed by atoms with van der Waals surface area (Å²) >= 11 is 0. The normalized spacial score (nSPS) is 24.2. The summed E-state index contributed by atoms with van der Waals surface area (Å²) in [5, 5.41) is 19.0. The van der Waals surface area contributed by atoms with E-state index in [0.29, 0.717) is 0 Å². The highest BCUT2D eigenvalue weighted by Gasteiger charge is 2.33. The molecule has 0 saturated carbocycles. The van der Waals surface area contributed by atoms with Crippen LogP contribution in [-0.4, -0.2) is 38.1 Å². The van der Waals surface area contributed by atoms with E-state index in [2.05, 4.69) is 39.9 Å². The molecule has 3 unspecified atom stereocenters. The lowest BCUT2D eigenvalue weighted by atomic mass is 9.76. The quantitative estimate of drug-likeness (QED) is 0.603. The zero-order valence-electron chi connectivity index (χ0n) is 13.0. The van der Waals surface area contributed by atoms with Crippen molar-refractivity contribution in [2.45, 2.75) is 65.3 Å². The third kappa shape index (κ3) is 5.03. The molecule has 19 heavy (non-hydrogen) atoms. The third-order valence-electron chi connectivity index (χ3n) is 3.70. The summed E-state index contributed by atoms with van der Waals surface area (Å²) in [6, 6.07) is 0. The van der Waals surface area contributed by atoms with Crippen LogP contribution in [0.15, 0.2) is 11.6 Å². The number of aliphatic hydroxyl groups excluding tert-OH is 2. The highest BCUT2D eigenvalue weighted by atomic mass is 28.3. The zero-order chi connectivity index (χ0) is 14.6. The van der Waals surface area contributed by atoms with Crippen molar-refractivity contribution >= 4 is 9.04 Å². The largest absolute Gasteiger partial charge is 0.413 e. The van der Waals surface area contributed by atoms with Gasteiger partial charge in [0.25, 0.3) is 0 Å². The summed E-state index contributed by atoms with van der Waals surface area (Å²) in [6.07, 6.45) is 4.62. The van der Waals surface area contributed by atoms with Crippen molar-refractivity contribution in [3.8, 4) is 0 Å². The maximum absolute atomic E-state index is 9.86. The number of allylic oxidation sites excluding steroid dienone is 1. The van der Waals surface area contributed by atoms with Crippen molar-refractivity contribution in [2.24, 2.45) is 11.3 Å². The molecule has 1 rings (SSSR count). The van der Waals surface area contributed by atoms with Crippen LogP contribution >= 0.6 is 0 Å². The van der Waals surface area contributed by atoms with Gasteiger partial charge in [0.15, 0.2) is 9.04 Å². The average Bonchev–Trinajstić information content (AvgIpc) is 2.33. The van der Waals surface area contributed by atoms with Gasteiger partial charge in [-0.25, -0.2) is 0 Å².